The summed E-state index contributed by atoms with van der Waals surface area (Å²) in [7, 11) is 0. The lowest BCUT2D eigenvalue weighted by Crippen LogP contribution is -2.62. The van der Waals surface area contributed by atoms with Crippen molar-refractivity contribution >= 4 is 5.97 Å². The predicted octanol–water partition coefficient (Wildman–Crippen LogP) is 7.68. The summed E-state index contributed by atoms with van der Waals surface area (Å²) >= 11 is 0. The summed E-state index contributed by atoms with van der Waals surface area (Å²) in [6.07, 6.45) is 13.5. The maximum Gasteiger partial charge on any atom is 0.344 e. The average Bonchev–Trinajstić information content (AvgIpc) is 2.77. The zero-order chi connectivity index (χ0) is 22.8. The van der Waals surface area contributed by atoms with E-state index in [1.54, 1.807) is 0 Å². The van der Waals surface area contributed by atoms with Crippen molar-refractivity contribution in [3.8, 4) is 5.75 Å². The molecule has 32 heavy (non-hydrogen) atoms. The van der Waals surface area contributed by atoms with E-state index in [0.29, 0.717) is 23.2 Å². The lowest BCUT2D eigenvalue weighted by molar-refractivity contribution is -0.227. The van der Waals surface area contributed by atoms with Crippen LogP contribution in [0.25, 0.3) is 0 Å². The van der Waals surface area contributed by atoms with E-state index in [-0.39, 0.29) is 18.2 Å². The number of hydrogen-bond acceptors (Lipinski definition) is 3. The van der Waals surface area contributed by atoms with Crippen molar-refractivity contribution < 1.29 is 14.3 Å². The van der Waals surface area contributed by atoms with Crippen molar-refractivity contribution in [1.29, 1.82) is 0 Å². The van der Waals surface area contributed by atoms with E-state index >= 15 is 0 Å². The molecule has 4 aliphatic carbocycles. The smallest absolute Gasteiger partial charge is 0.344 e. The largest absolute Gasteiger partial charge is 0.482 e. The second-order valence-corrected chi connectivity index (χ2v) is 11.6. The van der Waals surface area contributed by atoms with Crippen LogP contribution in [-0.4, -0.2) is 18.2 Å². The Bertz CT molecular complexity index is 751. The summed E-state index contributed by atoms with van der Waals surface area (Å²) in [6, 6.07) is 8.20. The molecule has 3 nitrogen and oxygen atoms in total. The van der Waals surface area contributed by atoms with Gasteiger partial charge in [-0.1, -0.05) is 59.1 Å². The maximum absolute atomic E-state index is 13.1. The Morgan fingerprint density at radius 2 is 1.72 bits per heavy atom. The van der Waals surface area contributed by atoms with Gasteiger partial charge >= 0.3 is 5.97 Å². The van der Waals surface area contributed by atoms with Crippen LogP contribution in [0.2, 0.25) is 0 Å². The molecule has 4 bridgehead atoms. The van der Waals surface area contributed by atoms with Crippen molar-refractivity contribution in [1.82, 2.24) is 0 Å². The van der Waals surface area contributed by atoms with Crippen LogP contribution in [0.4, 0.5) is 0 Å². The Morgan fingerprint density at radius 1 is 1.03 bits per heavy atom. The second-order valence-electron chi connectivity index (χ2n) is 11.6. The first-order chi connectivity index (χ1) is 15.4. The van der Waals surface area contributed by atoms with Crippen LogP contribution in [0.1, 0.15) is 110 Å². The number of carbonyl (C=O) groups excluding carboxylic acids is 1. The molecule has 1 aromatic rings. The Balaban J connectivity index is 1.40. The fourth-order valence-corrected chi connectivity index (χ4v) is 7.41. The minimum Gasteiger partial charge on any atom is -0.482 e. The zero-order valence-electron chi connectivity index (χ0n) is 20.8. The van der Waals surface area contributed by atoms with E-state index in [4.69, 9.17) is 9.47 Å². The Hall–Kier alpha value is -1.51. The van der Waals surface area contributed by atoms with Gasteiger partial charge in [-0.25, -0.2) is 4.79 Å². The molecule has 0 aliphatic heterocycles. The number of rotatable bonds is 11. The highest BCUT2D eigenvalue weighted by molar-refractivity contribution is 5.71. The molecule has 3 heteroatoms. The molecular weight excluding hydrogens is 396 g/mol. The SMILES string of the molecule is CCCCCCC1(OC(=O)COc2ccc(C(C)CC)cc2)C2CC3CC1CC(C)(C3)C2. The van der Waals surface area contributed by atoms with E-state index in [0.717, 1.165) is 24.5 Å². The van der Waals surface area contributed by atoms with E-state index in [1.807, 2.05) is 12.1 Å². The van der Waals surface area contributed by atoms with Crippen LogP contribution < -0.4 is 4.74 Å². The van der Waals surface area contributed by atoms with Crippen molar-refractivity contribution in [2.45, 2.75) is 110 Å². The van der Waals surface area contributed by atoms with E-state index in [1.165, 1.54) is 63.4 Å². The molecule has 0 heterocycles. The fraction of sp³-hybridized carbons (Fsp3) is 0.759. The first-order valence-corrected chi connectivity index (χ1v) is 13.3. The van der Waals surface area contributed by atoms with Crippen LogP contribution in [0, 0.1) is 23.2 Å². The van der Waals surface area contributed by atoms with Gasteiger partial charge in [0.2, 0.25) is 0 Å². The Kier molecular flexibility index (Phi) is 7.22. The summed E-state index contributed by atoms with van der Waals surface area (Å²) in [4.78, 5) is 13.1. The van der Waals surface area contributed by atoms with Gasteiger partial charge in [0.05, 0.1) is 0 Å². The standard InChI is InChI=1S/C29H44O3/c1-5-7-8-9-14-29(24-15-22-16-25(29)19-28(4,17-22)18-24)32-27(30)20-31-26-12-10-23(11-13-26)21(3)6-2/h10-13,21-22,24-25H,5-9,14-20H2,1-4H3. The molecule has 5 rings (SSSR count). The minimum atomic E-state index is -0.245. The Morgan fingerprint density at radius 3 is 2.31 bits per heavy atom. The van der Waals surface area contributed by atoms with Gasteiger partial charge in [0.25, 0.3) is 0 Å². The van der Waals surface area contributed by atoms with Crippen molar-refractivity contribution in [3.63, 3.8) is 0 Å². The van der Waals surface area contributed by atoms with E-state index in [2.05, 4.69) is 39.8 Å². The first-order valence-electron chi connectivity index (χ1n) is 13.3. The molecule has 4 fully saturated rings. The number of hydrogen-bond donors (Lipinski definition) is 0. The average molecular weight is 441 g/mol. The molecule has 3 atom stereocenters. The zero-order valence-corrected chi connectivity index (χ0v) is 20.8. The van der Waals surface area contributed by atoms with Gasteiger partial charge in [0, 0.05) is 0 Å². The lowest BCUT2D eigenvalue weighted by Gasteiger charge is -2.64. The van der Waals surface area contributed by atoms with Gasteiger partial charge in [-0.15, -0.1) is 0 Å². The second kappa shape index (κ2) is 9.77. The molecule has 0 saturated heterocycles. The van der Waals surface area contributed by atoms with Crippen LogP contribution in [0.15, 0.2) is 24.3 Å². The summed E-state index contributed by atoms with van der Waals surface area (Å²) in [5, 5.41) is 0. The molecule has 0 aromatic heterocycles. The van der Waals surface area contributed by atoms with Crippen molar-refractivity contribution in [2.75, 3.05) is 6.61 Å². The molecule has 0 radical (unpaired) electrons. The highest BCUT2D eigenvalue weighted by atomic mass is 16.6. The van der Waals surface area contributed by atoms with Gasteiger partial charge in [0.1, 0.15) is 11.4 Å². The summed E-state index contributed by atoms with van der Waals surface area (Å²) in [6.45, 7) is 9.19. The van der Waals surface area contributed by atoms with Gasteiger partial charge in [0.15, 0.2) is 6.61 Å². The highest BCUT2D eigenvalue weighted by Gasteiger charge is 2.62. The predicted molar refractivity (Wildman–Crippen MR) is 130 cm³/mol. The number of esters is 1. The normalized spacial score (nSPS) is 33.8. The quantitative estimate of drug-likeness (QED) is 0.261. The molecule has 1 aromatic carbocycles. The minimum absolute atomic E-state index is 0.0134. The third-order valence-electron chi connectivity index (χ3n) is 9.02. The van der Waals surface area contributed by atoms with Crippen LogP contribution in [0.5, 0.6) is 5.75 Å². The maximum atomic E-state index is 13.1. The number of carbonyl (C=O) groups is 1. The van der Waals surface area contributed by atoms with Crippen LogP contribution in [-0.2, 0) is 9.53 Å². The summed E-state index contributed by atoms with van der Waals surface area (Å²) < 4.78 is 12.3. The monoisotopic (exact) mass is 440 g/mol. The number of benzene rings is 1. The molecule has 4 saturated carbocycles. The first kappa shape index (κ1) is 23.6. The highest BCUT2D eigenvalue weighted by Crippen LogP contribution is 2.65. The molecule has 0 spiro atoms. The van der Waals surface area contributed by atoms with Gasteiger partial charge in [-0.05, 0) is 98.1 Å². The molecule has 0 amide bonds. The van der Waals surface area contributed by atoms with E-state index < -0.39 is 0 Å². The van der Waals surface area contributed by atoms with Crippen molar-refractivity contribution in [2.24, 2.45) is 23.2 Å². The Labute approximate surface area is 195 Å². The summed E-state index contributed by atoms with van der Waals surface area (Å²) in [5.74, 6) is 3.05. The van der Waals surface area contributed by atoms with E-state index in [9.17, 15) is 4.79 Å². The molecule has 178 valence electrons. The van der Waals surface area contributed by atoms with Gasteiger partial charge < -0.3 is 9.47 Å². The third-order valence-corrected chi connectivity index (χ3v) is 9.02. The third kappa shape index (κ3) is 4.87. The van der Waals surface area contributed by atoms with Gasteiger partial charge in [-0.3, -0.25) is 0 Å². The topological polar surface area (TPSA) is 35.5 Å². The molecule has 4 aliphatic rings. The summed E-state index contributed by atoms with van der Waals surface area (Å²) in [5.41, 5.74) is 1.55. The molecule has 0 N–H and O–H groups in total. The van der Waals surface area contributed by atoms with Gasteiger partial charge in [-0.2, -0.15) is 0 Å². The number of ether oxygens (including phenoxy) is 2. The van der Waals surface area contributed by atoms with Crippen LogP contribution >= 0.6 is 0 Å². The molecular formula is C29H44O3. The number of unbranched alkanes of at least 4 members (excludes halogenated alkanes) is 3. The molecule has 3 unspecified atom stereocenters. The fourth-order valence-electron chi connectivity index (χ4n) is 7.41. The van der Waals surface area contributed by atoms with Crippen LogP contribution in [0.3, 0.4) is 0 Å². The van der Waals surface area contributed by atoms with Crippen molar-refractivity contribution in [3.05, 3.63) is 29.8 Å². The lowest BCUT2D eigenvalue weighted by atomic mass is 9.44.